The molecule has 0 bridgehead atoms. The van der Waals surface area contributed by atoms with E-state index in [-0.39, 0.29) is 5.56 Å². The Balaban J connectivity index is 1.35. The zero-order valence-corrected chi connectivity index (χ0v) is 22.8. The second kappa shape index (κ2) is 9.46. The van der Waals surface area contributed by atoms with Gasteiger partial charge in [-0.1, -0.05) is 35.3 Å². The molecule has 4 heterocycles. The fourth-order valence-electron chi connectivity index (χ4n) is 5.72. The van der Waals surface area contributed by atoms with Crippen LogP contribution < -0.4 is 20.2 Å². The van der Waals surface area contributed by atoms with Crippen LogP contribution in [0.15, 0.2) is 77.7 Å². The predicted molar refractivity (Wildman–Crippen MR) is 159 cm³/mol. The summed E-state index contributed by atoms with van der Waals surface area (Å²) < 4.78 is 3.77. The molecule has 40 heavy (non-hydrogen) atoms. The van der Waals surface area contributed by atoms with Crippen LogP contribution in [0.1, 0.15) is 11.1 Å². The molecule has 1 saturated heterocycles. The number of nitrogens with one attached hydrogen (secondary N) is 2. The van der Waals surface area contributed by atoms with Crippen LogP contribution in [0.5, 0.6) is 0 Å². The molecule has 0 saturated carbocycles. The van der Waals surface area contributed by atoms with E-state index >= 15 is 0 Å². The Labute approximate surface area is 231 Å². The van der Waals surface area contributed by atoms with Gasteiger partial charge in [0.2, 0.25) is 0 Å². The monoisotopic (exact) mass is 531 g/mol. The first-order chi connectivity index (χ1) is 19.5. The van der Waals surface area contributed by atoms with E-state index in [9.17, 15) is 4.79 Å². The highest BCUT2D eigenvalue weighted by molar-refractivity contribution is 5.80. The van der Waals surface area contributed by atoms with Crippen LogP contribution in [0.3, 0.4) is 0 Å². The Morgan fingerprint density at radius 1 is 0.900 bits per heavy atom. The van der Waals surface area contributed by atoms with Crippen LogP contribution in [0.4, 0.5) is 17.3 Å². The molecule has 2 N–H and O–H groups in total. The van der Waals surface area contributed by atoms with Gasteiger partial charge in [-0.25, -0.2) is 4.98 Å². The molecule has 200 valence electrons. The molecule has 1 fully saturated rings. The second-order valence-corrected chi connectivity index (χ2v) is 10.6. The Hall–Kier alpha value is -4.76. The topological polar surface area (TPSA) is 86.2 Å². The third-order valence-electron chi connectivity index (χ3n) is 7.88. The molecule has 0 aliphatic carbocycles. The van der Waals surface area contributed by atoms with Crippen molar-refractivity contribution in [3.8, 4) is 5.69 Å². The van der Waals surface area contributed by atoms with E-state index in [0.29, 0.717) is 22.8 Å². The lowest BCUT2D eigenvalue weighted by Crippen LogP contribution is -2.44. The standard InChI is InChI=1S/C31H30N8O/c1-20-7-6-8-21(2)27(20)39-29(40)24-19-32-30(35-28(24)38-26-10-5-4-9-25(26)34-31(38)39)33-22-11-13-23(14-12-22)37-17-15-36(3)16-18-37/h4-14,19H,15-18H2,1-3H3,(H,32,33,35,40)/p+1. The highest BCUT2D eigenvalue weighted by atomic mass is 16.1. The highest BCUT2D eigenvalue weighted by Crippen LogP contribution is 2.24. The van der Waals surface area contributed by atoms with Gasteiger partial charge in [0.05, 0.1) is 6.20 Å². The first kappa shape index (κ1) is 24.3. The van der Waals surface area contributed by atoms with E-state index < -0.39 is 0 Å². The number of imidazole rings is 1. The zero-order valence-electron chi connectivity index (χ0n) is 22.8. The molecule has 9 heteroatoms. The van der Waals surface area contributed by atoms with Gasteiger partial charge in [-0.2, -0.15) is 8.97 Å². The number of H-pyrrole nitrogens is 1. The lowest BCUT2D eigenvalue weighted by Gasteiger charge is -2.34. The number of para-hydroxylation sites is 3. The van der Waals surface area contributed by atoms with Crippen LogP contribution in [0.2, 0.25) is 0 Å². The van der Waals surface area contributed by atoms with Crippen molar-refractivity contribution in [3.05, 3.63) is 94.4 Å². The number of nitrogens with zero attached hydrogens (tertiary/aromatic N) is 6. The van der Waals surface area contributed by atoms with E-state index in [0.717, 1.165) is 59.7 Å². The van der Waals surface area contributed by atoms with Gasteiger partial charge in [-0.05, 0) is 68.4 Å². The Morgan fingerprint density at radius 3 is 2.38 bits per heavy atom. The molecule has 1 aliphatic rings. The quantitative estimate of drug-likeness (QED) is 0.333. The number of aromatic amines is 1. The van der Waals surface area contributed by atoms with E-state index in [4.69, 9.17) is 4.98 Å². The van der Waals surface area contributed by atoms with Crippen molar-refractivity contribution in [2.75, 3.05) is 43.4 Å². The molecule has 3 aromatic carbocycles. The minimum Gasteiger partial charge on any atom is -0.369 e. The van der Waals surface area contributed by atoms with Gasteiger partial charge in [0, 0.05) is 37.6 Å². The SMILES string of the molecule is Cc1cccc(C)c1-n1c(=O)c2cnc(Nc3ccc(N4CCN(C)CC4)cc3)nc2[n+]2c3ccccc3[nH]c12. The van der Waals surface area contributed by atoms with Crippen molar-refractivity contribution in [1.29, 1.82) is 0 Å². The summed E-state index contributed by atoms with van der Waals surface area (Å²) in [6.07, 6.45) is 1.63. The summed E-state index contributed by atoms with van der Waals surface area (Å²) in [6, 6.07) is 22.4. The van der Waals surface area contributed by atoms with Crippen LogP contribution >= 0.6 is 0 Å². The largest absolute Gasteiger partial charge is 0.369 e. The zero-order chi connectivity index (χ0) is 27.4. The number of fused-ring (bicyclic) bond motifs is 5. The summed E-state index contributed by atoms with van der Waals surface area (Å²) in [4.78, 5) is 31.7. The van der Waals surface area contributed by atoms with E-state index in [2.05, 4.69) is 56.4 Å². The van der Waals surface area contributed by atoms with Gasteiger partial charge >= 0.3 is 11.3 Å². The normalized spacial score (nSPS) is 14.4. The smallest absolute Gasteiger partial charge is 0.334 e. The maximum atomic E-state index is 14.0. The summed E-state index contributed by atoms with van der Waals surface area (Å²) >= 11 is 0. The summed E-state index contributed by atoms with van der Waals surface area (Å²) in [5, 5.41) is 3.79. The van der Waals surface area contributed by atoms with Gasteiger partial charge in [-0.15, -0.1) is 0 Å². The van der Waals surface area contributed by atoms with Crippen molar-refractivity contribution < 1.29 is 4.40 Å². The maximum Gasteiger partial charge on any atom is 0.334 e. The average Bonchev–Trinajstić information content (AvgIpc) is 3.35. The number of aryl methyl sites for hydroxylation is 2. The van der Waals surface area contributed by atoms with Gasteiger partial charge in [0.25, 0.3) is 11.6 Å². The highest BCUT2D eigenvalue weighted by Gasteiger charge is 2.26. The summed E-state index contributed by atoms with van der Waals surface area (Å²) in [6.45, 7) is 8.22. The Bertz CT molecular complexity index is 1930. The molecule has 0 unspecified atom stereocenters. The van der Waals surface area contributed by atoms with Gasteiger partial charge in [0.15, 0.2) is 0 Å². The minimum atomic E-state index is -0.165. The number of likely N-dealkylation sites (N-methyl/N-ethyl adjacent to an activating group) is 1. The van der Waals surface area contributed by atoms with Gasteiger partial charge < -0.3 is 15.1 Å². The number of benzene rings is 3. The van der Waals surface area contributed by atoms with Crippen LogP contribution in [0.25, 0.3) is 33.5 Å². The van der Waals surface area contributed by atoms with E-state index in [1.54, 1.807) is 10.8 Å². The third-order valence-corrected chi connectivity index (χ3v) is 7.88. The lowest BCUT2D eigenvalue weighted by molar-refractivity contribution is -0.456. The molecule has 0 amide bonds. The molecule has 0 atom stereocenters. The molecular formula is C31H31N8O+. The van der Waals surface area contributed by atoms with Crippen molar-refractivity contribution in [2.45, 2.75) is 13.8 Å². The van der Waals surface area contributed by atoms with Crippen molar-refractivity contribution in [2.24, 2.45) is 0 Å². The molecule has 1 aliphatic heterocycles. The molecule has 0 radical (unpaired) electrons. The number of piperazine rings is 1. The summed E-state index contributed by atoms with van der Waals surface area (Å²) in [5.41, 5.74) is 7.23. The van der Waals surface area contributed by atoms with Crippen LogP contribution in [-0.2, 0) is 0 Å². The predicted octanol–water partition coefficient (Wildman–Crippen LogP) is 4.11. The Kier molecular flexibility index (Phi) is 5.74. The molecule has 7 rings (SSSR count). The van der Waals surface area contributed by atoms with Crippen LogP contribution in [0, 0.1) is 13.8 Å². The van der Waals surface area contributed by atoms with Gasteiger partial charge in [-0.3, -0.25) is 9.78 Å². The second-order valence-electron chi connectivity index (χ2n) is 10.6. The molecule has 6 aromatic rings. The van der Waals surface area contributed by atoms with Crippen molar-refractivity contribution in [1.82, 2.24) is 24.4 Å². The van der Waals surface area contributed by atoms with E-state index in [1.807, 2.05) is 60.7 Å². The fraction of sp³-hybridized carbons (Fsp3) is 0.226. The number of aromatic nitrogens is 5. The lowest BCUT2D eigenvalue weighted by atomic mass is 10.1. The van der Waals surface area contributed by atoms with E-state index in [1.165, 1.54) is 5.69 Å². The number of rotatable bonds is 4. The van der Waals surface area contributed by atoms with Crippen LogP contribution in [-0.4, -0.2) is 57.6 Å². The third kappa shape index (κ3) is 3.97. The van der Waals surface area contributed by atoms with Crippen molar-refractivity contribution >= 4 is 45.2 Å². The number of anilines is 3. The first-order valence-electron chi connectivity index (χ1n) is 13.6. The summed E-state index contributed by atoms with van der Waals surface area (Å²) in [5.74, 6) is 1.08. The average molecular weight is 532 g/mol. The first-order valence-corrected chi connectivity index (χ1v) is 13.6. The number of hydrogen-bond donors (Lipinski definition) is 2. The molecular weight excluding hydrogens is 500 g/mol. The molecule has 0 spiro atoms. The van der Waals surface area contributed by atoms with Crippen molar-refractivity contribution in [3.63, 3.8) is 0 Å². The fourth-order valence-corrected chi connectivity index (χ4v) is 5.72. The summed E-state index contributed by atoms with van der Waals surface area (Å²) in [7, 11) is 2.16. The minimum absolute atomic E-state index is 0.165. The maximum absolute atomic E-state index is 14.0. The molecule has 9 nitrogen and oxygen atoms in total. The van der Waals surface area contributed by atoms with Gasteiger partial charge in [0.1, 0.15) is 22.1 Å². The number of hydrogen-bond acceptors (Lipinski definition) is 6. The molecule has 3 aromatic heterocycles. The Morgan fingerprint density at radius 2 is 1.62 bits per heavy atom.